The van der Waals surface area contributed by atoms with E-state index in [0.717, 1.165) is 55.2 Å². The van der Waals surface area contributed by atoms with Crippen molar-refractivity contribution in [3.8, 4) is 33.6 Å². The van der Waals surface area contributed by atoms with Crippen LogP contribution in [0.3, 0.4) is 0 Å². The lowest BCUT2D eigenvalue weighted by molar-refractivity contribution is 1.37. The summed E-state index contributed by atoms with van der Waals surface area (Å²) < 4.78 is 0. The molecule has 0 saturated heterocycles. The highest BCUT2D eigenvalue weighted by Gasteiger charge is 2.12. The van der Waals surface area contributed by atoms with Crippen LogP contribution in [-0.4, -0.2) is 15.0 Å². The first-order valence-electron chi connectivity index (χ1n) is 16.3. The van der Waals surface area contributed by atoms with Crippen molar-refractivity contribution in [1.82, 2.24) is 15.0 Å². The van der Waals surface area contributed by atoms with E-state index in [1.165, 1.54) is 43.4 Å². The van der Waals surface area contributed by atoms with Gasteiger partial charge in [0, 0.05) is 33.5 Å². The highest BCUT2D eigenvalue weighted by atomic mass is 14.8. The topological polar surface area (TPSA) is 38.7 Å². The molecule has 0 radical (unpaired) electrons. The molecule has 0 unspecified atom stereocenters. The van der Waals surface area contributed by atoms with Gasteiger partial charge in [0.25, 0.3) is 0 Å². The van der Waals surface area contributed by atoms with Crippen molar-refractivity contribution in [3.05, 3.63) is 164 Å². The Morgan fingerprint density at radius 1 is 0.312 bits per heavy atom. The lowest BCUT2D eigenvalue weighted by Crippen LogP contribution is -1.91. The molecule has 0 atom stereocenters. The number of pyridine rings is 3. The predicted molar refractivity (Wildman–Crippen MR) is 201 cm³/mol. The van der Waals surface area contributed by atoms with Crippen molar-refractivity contribution in [2.24, 2.45) is 0 Å². The maximum Gasteiger partial charge on any atom is 0.0972 e. The third-order valence-corrected chi connectivity index (χ3v) is 9.68. The summed E-state index contributed by atoms with van der Waals surface area (Å²) in [5.74, 6) is 0. The van der Waals surface area contributed by atoms with E-state index in [-0.39, 0.29) is 0 Å². The maximum absolute atomic E-state index is 5.27. The normalized spacial score (nSPS) is 11.8. The molecule has 3 nitrogen and oxygen atoms in total. The van der Waals surface area contributed by atoms with Gasteiger partial charge in [-0.3, -0.25) is 4.98 Å². The molecule has 3 aromatic heterocycles. The minimum Gasteiger partial charge on any atom is -0.256 e. The first kappa shape index (κ1) is 26.7. The van der Waals surface area contributed by atoms with Crippen LogP contribution in [0.5, 0.6) is 0 Å². The van der Waals surface area contributed by atoms with Crippen molar-refractivity contribution in [1.29, 1.82) is 0 Å². The molecule has 0 aliphatic carbocycles. The third-order valence-electron chi connectivity index (χ3n) is 9.68. The van der Waals surface area contributed by atoms with E-state index in [1.54, 1.807) is 0 Å². The predicted octanol–water partition coefficient (Wildman–Crippen LogP) is 11.8. The van der Waals surface area contributed by atoms with Gasteiger partial charge < -0.3 is 0 Å². The second-order valence-corrected chi connectivity index (χ2v) is 12.4. The fourth-order valence-corrected chi connectivity index (χ4v) is 7.24. The van der Waals surface area contributed by atoms with Crippen LogP contribution in [0.15, 0.2) is 164 Å². The molecule has 48 heavy (non-hydrogen) atoms. The Hall–Kier alpha value is -6.45. The van der Waals surface area contributed by atoms with Crippen molar-refractivity contribution in [3.63, 3.8) is 0 Å². The largest absolute Gasteiger partial charge is 0.256 e. The summed E-state index contributed by atoms with van der Waals surface area (Å²) in [5.41, 5.74) is 9.21. The van der Waals surface area contributed by atoms with Crippen LogP contribution in [0.2, 0.25) is 0 Å². The summed E-state index contributed by atoms with van der Waals surface area (Å²) in [4.78, 5) is 14.9. The minimum atomic E-state index is 0.912. The van der Waals surface area contributed by atoms with Crippen LogP contribution in [0.1, 0.15) is 0 Å². The van der Waals surface area contributed by atoms with E-state index < -0.39 is 0 Å². The number of benzene rings is 7. The summed E-state index contributed by atoms with van der Waals surface area (Å²) in [6, 6.07) is 56.1. The summed E-state index contributed by atoms with van der Waals surface area (Å²) in [6.45, 7) is 0. The minimum absolute atomic E-state index is 0.912. The van der Waals surface area contributed by atoms with Crippen LogP contribution in [-0.2, 0) is 0 Å². The summed E-state index contributed by atoms with van der Waals surface area (Å²) >= 11 is 0. The molecule has 222 valence electrons. The molecule has 0 fully saturated rings. The highest BCUT2D eigenvalue weighted by Crippen LogP contribution is 2.37. The van der Waals surface area contributed by atoms with E-state index in [0.29, 0.717) is 0 Å². The van der Waals surface area contributed by atoms with Crippen LogP contribution in [0.4, 0.5) is 0 Å². The first-order valence-corrected chi connectivity index (χ1v) is 16.3. The van der Waals surface area contributed by atoms with Gasteiger partial charge in [-0.05, 0) is 79.8 Å². The molecule has 0 N–H and O–H groups in total. The zero-order valence-corrected chi connectivity index (χ0v) is 25.9. The maximum atomic E-state index is 5.27. The Balaban J connectivity index is 1.08. The van der Waals surface area contributed by atoms with E-state index in [9.17, 15) is 0 Å². The third kappa shape index (κ3) is 4.25. The van der Waals surface area contributed by atoms with Crippen molar-refractivity contribution in [2.75, 3.05) is 0 Å². The molecule has 0 aliphatic heterocycles. The first-order chi connectivity index (χ1) is 23.8. The molecule has 0 saturated carbocycles. The van der Waals surface area contributed by atoms with Crippen LogP contribution in [0, 0.1) is 0 Å². The van der Waals surface area contributed by atoms with Crippen LogP contribution in [0.25, 0.3) is 98.7 Å². The zero-order chi connectivity index (χ0) is 31.6. The Morgan fingerprint density at radius 3 is 1.50 bits per heavy atom. The Bertz CT molecular complexity index is 2850. The van der Waals surface area contributed by atoms with Gasteiger partial charge in [-0.1, -0.05) is 121 Å². The fourth-order valence-electron chi connectivity index (χ4n) is 7.24. The Labute approximate surface area is 276 Å². The number of nitrogens with zero attached hydrogens (tertiary/aromatic N) is 3. The van der Waals surface area contributed by atoms with Gasteiger partial charge in [-0.2, -0.15) is 0 Å². The van der Waals surface area contributed by atoms with E-state index in [2.05, 4.69) is 157 Å². The summed E-state index contributed by atoms with van der Waals surface area (Å²) in [6.07, 6.45) is 1.83. The van der Waals surface area contributed by atoms with Crippen molar-refractivity contribution < 1.29 is 0 Å². The van der Waals surface area contributed by atoms with Crippen molar-refractivity contribution in [2.45, 2.75) is 0 Å². The molecule has 0 aliphatic rings. The van der Waals surface area contributed by atoms with Crippen LogP contribution >= 0.6 is 0 Å². The van der Waals surface area contributed by atoms with Gasteiger partial charge in [0.05, 0.1) is 27.9 Å². The van der Waals surface area contributed by atoms with Gasteiger partial charge in [-0.25, -0.2) is 9.97 Å². The number of hydrogen-bond acceptors (Lipinski definition) is 3. The zero-order valence-electron chi connectivity index (χ0n) is 25.9. The lowest BCUT2D eigenvalue weighted by Gasteiger charge is -2.12. The second kappa shape index (κ2) is 10.5. The van der Waals surface area contributed by atoms with Crippen LogP contribution < -0.4 is 0 Å². The molecule has 3 heteroatoms. The summed E-state index contributed by atoms with van der Waals surface area (Å²) in [7, 11) is 0. The number of hydrogen-bond donors (Lipinski definition) is 0. The second-order valence-electron chi connectivity index (χ2n) is 12.4. The standard InChI is InChI=1S/C45H27N3/c1-2-9-37-35(7-1)36-8-3-4-10-38(36)40-27-34(17-21-39(37)40)43-24-19-31-16-15-30-18-23-42(47-44(30)45(31)48-43)29-13-11-28(12-14-29)32-20-22-41-33(26-32)6-5-25-46-41/h1-27H. The smallest absolute Gasteiger partial charge is 0.0972 e. The monoisotopic (exact) mass is 609 g/mol. The number of rotatable bonds is 3. The van der Waals surface area contributed by atoms with Gasteiger partial charge in [-0.15, -0.1) is 0 Å². The van der Waals surface area contributed by atoms with Gasteiger partial charge in [0.15, 0.2) is 0 Å². The molecular formula is C45H27N3. The average Bonchev–Trinajstić information content (AvgIpc) is 3.17. The average molecular weight is 610 g/mol. The molecule has 10 aromatic rings. The molecule has 3 heterocycles. The molecule has 0 spiro atoms. The van der Waals surface area contributed by atoms with E-state index >= 15 is 0 Å². The van der Waals surface area contributed by atoms with E-state index in [4.69, 9.17) is 9.97 Å². The van der Waals surface area contributed by atoms with Crippen molar-refractivity contribution >= 4 is 65.0 Å². The lowest BCUT2D eigenvalue weighted by atomic mass is 9.93. The Morgan fingerprint density at radius 2 is 0.833 bits per heavy atom. The number of fused-ring (bicyclic) bond motifs is 10. The van der Waals surface area contributed by atoms with Gasteiger partial charge >= 0.3 is 0 Å². The number of aromatic nitrogens is 3. The molecular weight excluding hydrogens is 583 g/mol. The fraction of sp³-hybridized carbons (Fsp3) is 0. The van der Waals surface area contributed by atoms with E-state index in [1.807, 2.05) is 12.3 Å². The summed E-state index contributed by atoms with van der Waals surface area (Å²) in [5, 5.41) is 10.9. The molecule has 0 amide bonds. The molecule has 0 bridgehead atoms. The highest BCUT2D eigenvalue weighted by molar-refractivity contribution is 6.25. The SMILES string of the molecule is c1cnc2ccc(-c3ccc(-c4ccc5ccc6ccc(-c7ccc8c9ccccc9c9ccccc9c8c7)nc6c5n4)cc3)cc2c1. The Kier molecular flexibility index (Phi) is 5.87. The van der Waals surface area contributed by atoms with Gasteiger partial charge in [0.1, 0.15) is 0 Å². The quantitative estimate of drug-likeness (QED) is 0.187. The molecule has 10 rings (SSSR count). The van der Waals surface area contributed by atoms with Gasteiger partial charge in [0.2, 0.25) is 0 Å². The molecule has 7 aromatic carbocycles.